The van der Waals surface area contributed by atoms with Gasteiger partial charge in [-0.15, -0.1) is 5.10 Å². The Kier molecular flexibility index (Phi) is 2.95. The summed E-state index contributed by atoms with van der Waals surface area (Å²) >= 11 is 1.00. The summed E-state index contributed by atoms with van der Waals surface area (Å²) in [4.78, 5) is 11.0. The van der Waals surface area contributed by atoms with Crippen molar-refractivity contribution in [1.29, 1.82) is 10.7 Å². The molecule has 8 nitrogen and oxygen atoms in total. The molecule has 2 aromatic heterocycles. The summed E-state index contributed by atoms with van der Waals surface area (Å²) in [7, 11) is 0. The molecule has 3 rings (SSSR count). The molecule has 0 aromatic carbocycles. The van der Waals surface area contributed by atoms with E-state index < -0.39 is 16.8 Å². The lowest BCUT2D eigenvalue weighted by Crippen LogP contribution is -2.30. The average molecular weight is 303 g/mol. The number of aromatic amines is 1. The SMILES string of the molecule is Cc1[nH]nc2c1C(c1ccc([N+](=O)[O-])s1)C(C#N)C(=N)O2. The van der Waals surface area contributed by atoms with E-state index >= 15 is 0 Å². The Morgan fingerprint density at radius 2 is 2.38 bits per heavy atom. The number of thiophene rings is 1. The lowest BCUT2D eigenvalue weighted by molar-refractivity contribution is -0.380. The maximum absolute atomic E-state index is 10.8. The zero-order valence-electron chi connectivity index (χ0n) is 10.8. The van der Waals surface area contributed by atoms with Crippen LogP contribution in [0.3, 0.4) is 0 Å². The number of hydrogen-bond acceptors (Lipinski definition) is 7. The third-order valence-electron chi connectivity index (χ3n) is 3.33. The van der Waals surface area contributed by atoms with Gasteiger partial charge in [0, 0.05) is 22.2 Å². The second kappa shape index (κ2) is 4.68. The molecule has 1 aliphatic heterocycles. The number of aromatic nitrogens is 2. The van der Waals surface area contributed by atoms with Gasteiger partial charge in [0.15, 0.2) is 0 Å². The maximum Gasteiger partial charge on any atom is 0.324 e. The van der Waals surface area contributed by atoms with Gasteiger partial charge in [0.2, 0.25) is 11.8 Å². The van der Waals surface area contributed by atoms with E-state index in [4.69, 9.17) is 10.1 Å². The Labute approximate surface area is 122 Å². The highest BCUT2D eigenvalue weighted by Gasteiger charge is 2.41. The Hall–Kier alpha value is -2.73. The lowest BCUT2D eigenvalue weighted by Gasteiger charge is -2.26. The van der Waals surface area contributed by atoms with Crippen molar-refractivity contribution in [2.45, 2.75) is 12.8 Å². The van der Waals surface area contributed by atoms with Crippen molar-refractivity contribution >= 4 is 22.2 Å². The van der Waals surface area contributed by atoms with Crippen molar-refractivity contribution in [2.24, 2.45) is 5.92 Å². The van der Waals surface area contributed by atoms with Gasteiger partial charge in [-0.3, -0.25) is 20.6 Å². The van der Waals surface area contributed by atoms with Gasteiger partial charge in [0.1, 0.15) is 5.92 Å². The van der Waals surface area contributed by atoms with E-state index in [1.54, 1.807) is 13.0 Å². The van der Waals surface area contributed by atoms with Gasteiger partial charge in [-0.05, 0) is 13.0 Å². The highest BCUT2D eigenvalue weighted by molar-refractivity contribution is 7.15. The lowest BCUT2D eigenvalue weighted by atomic mass is 9.83. The van der Waals surface area contributed by atoms with E-state index in [-0.39, 0.29) is 16.8 Å². The number of nitrogens with zero attached hydrogens (tertiary/aromatic N) is 3. The first kappa shape index (κ1) is 13.3. The highest BCUT2D eigenvalue weighted by atomic mass is 32.1. The standard InChI is InChI=1S/C12H9N5O3S/c1-5-9-10(7-2-3-8(21-7)17(18)19)6(4-13)11(14)20-12(9)16-15-5/h2-3,6,10,14H,1H3,(H,15,16). The van der Waals surface area contributed by atoms with Crippen LogP contribution in [0.15, 0.2) is 12.1 Å². The van der Waals surface area contributed by atoms with Crippen LogP contribution in [0.1, 0.15) is 22.1 Å². The second-order valence-electron chi connectivity index (χ2n) is 4.55. The van der Waals surface area contributed by atoms with Crippen LogP contribution in [-0.2, 0) is 0 Å². The van der Waals surface area contributed by atoms with Crippen molar-refractivity contribution < 1.29 is 9.66 Å². The molecule has 106 valence electrons. The molecule has 2 unspecified atom stereocenters. The number of aryl methyl sites for hydroxylation is 1. The molecule has 1 aliphatic rings. The van der Waals surface area contributed by atoms with Gasteiger partial charge in [-0.2, -0.15) is 5.26 Å². The molecule has 0 spiro atoms. The van der Waals surface area contributed by atoms with Crippen molar-refractivity contribution in [1.82, 2.24) is 10.2 Å². The molecule has 2 aromatic rings. The zero-order chi connectivity index (χ0) is 15.1. The second-order valence-corrected chi connectivity index (χ2v) is 5.65. The van der Waals surface area contributed by atoms with E-state index in [1.807, 2.05) is 6.07 Å². The third-order valence-corrected chi connectivity index (χ3v) is 4.45. The fourth-order valence-corrected chi connectivity index (χ4v) is 3.36. The van der Waals surface area contributed by atoms with Crippen molar-refractivity contribution in [3.63, 3.8) is 0 Å². The summed E-state index contributed by atoms with van der Waals surface area (Å²) in [5, 5.41) is 34.7. The van der Waals surface area contributed by atoms with Gasteiger partial charge < -0.3 is 4.74 Å². The van der Waals surface area contributed by atoms with Gasteiger partial charge in [-0.1, -0.05) is 11.3 Å². The average Bonchev–Trinajstić information content (AvgIpc) is 3.05. The van der Waals surface area contributed by atoms with Crippen LogP contribution in [0.4, 0.5) is 5.00 Å². The molecule has 0 radical (unpaired) electrons. The predicted molar refractivity (Wildman–Crippen MR) is 73.6 cm³/mol. The fraction of sp³-hybridized carbons (Fsp3) is 0.250. The largest absolute Gasteiger partial charge is 0.422 e. The number of nitrogens with one attached hydrogen (secondary N) is 2. The smallest absolute Gasteiger partial charge is 0.324 e. The summed E-state index contributed by atoms with van der Waals surface area (Å²) in [5.41, 5.74) is 1.40. The number of fused-ring (bicyclic) bond motifs is 1. The molecular weight excluding hydrogens is 294 g/mol. The minimum Gasteiger partial charge on any atom is -0.422 e. The zero-order valence-corrected chi connectivity index (χ0v) is 11.6. The van der Waals surface area contributed by atoms with Gasteiger partial charge in [-0.25, -0.2) is 0 Å². The van der Waals surface area contributed by atoms with Crippen LogP contribution in [-0.4, -0.2) is 21.0 Å². The number of ether oxygens (including phenoxy) is 1. The summed E-state index contributed by atoms with van der Waals surface area (Å²) in [5.74, 6) is -1.25. The topological polar surface area (TPSA) is 129 Å². The Balaban J connectivity index is 2.16. The number of hydrogen-bond donors (Lipinski definition) is 2. The summed E-state index contributed by atoms with van der Waals surface area (Å²) in [6.45, 7) is 1.79. The van der Waals surface area contributed by atoms with Crippen LogP contribution in [0.2, 0.25) is 0 Å². The first-order valence-electron chi connectivity index (χ1n) is 5.97. The molecule has 2 N–H and O–H groups in total. The van der Waals surface area contributed by atoms with E-state index in [2.05, 4.69) is 10.2 Å². The van der Waals surface area contributed by atoms with E-state index in [1.165, 1.54) is 6.07 Å². The quantitative estimate of drug-likeness (QED) is 0.649. The Morgan fingerprint density at radius 3 is 3.00 bits per heavy atom. The van der Waals surface area contributed by atoms with E-state index in [9.17, 15) is 15.4 Å². The Bertz CT molecular complexity index is 787. The van der Waals surface area contributed by atoms with Gasteiger partial charge >= 0.3 is 5.00 Å². The summed E-state index contributed by atoms with van der Waals surface area (Å²) in [6, 6.07) is 5.07. The molecule has 0 amide bonds. The van der Waals surface area contributed by atoms with Gasteiger partial charge in [0.05, 0.1) is 16.9 Å². The normalized spacial score (nSPS) is 20.5. The fourth-order valence-electron chi connectivity index (χ4n) is 2.39. The number of nitro groups is 1. The van der Waals surface area contributed by atoms with Crippen molar-refractivity contribution in [2.75, 3.05) is 0 Å². The minimum atomic E-state index is -0.827. The summed E-state index contributed by atoms with van der Waals surface area (Å²) < 4.78 is 5.25. The molecular formula is C12H9N5O3S. The number of rotatable bonds is 2. The molecule has 0 bridgehead atoms. The van der Waals surface area contributed by atoms with Crippen LogP contribution in [0, 0.1) is 39.7 Å². The number of nitriles is 1. The number of H-pyrrole nitrogens is 1. The van der Waals surface area contributed by atoms with Crippen LogP contribution >= 0.6 is 11.3 Å². The first-order valence-corrected chi connectivity index (χ1v) is 6.79. The minimum absolute atomic E-state index is 0.00223. The maximum atomic E-state index is 10.8. The Morgan fingerprint density at radius 1 is 1.62 bits per heavy atom. The molecule has 21 heavy (non-hydrogen) atoms. The third kappa shape index (κ3) is 1.96. The predicted octanol–water partition coefficient (Wildman–Crippen LogP) is 2.33. The highest BCUT2D eigenvalue weighted by Crippen LogP contribution is 2.45. The molecule has 0 saturated heterocycles. The molecule has 9 heteroatoms. The molecule has 0 saturated carbocycles. The summed E-state index contributed by atoms with van der Waals surface area (Å²) in [6.07, 6.45) is 0. The molecule has 3 heterocycles. The van der Waals surface area contributed by atoms with Crippen LogP contribution in [0.25, 0.3) is 0 Å². The van der Waals surface area contributed by atoms with Crippen molar-refractivity contribution in [3.05, 3.63) is 38.4 Å². The van der Waals surface area contributed by atoms with Crippen LogP contribution < -0.4 is 4.74 Å². The first-order chi connectivity index (χ1) is 10.0. The van der Waals surface area contributed by atoms with E-state index in [0.717, 1.165) is 17.0 Å². The molecule has 0 fully saturated rings. The molecule has 0 aliphatic carbocycles. The molecule has 2 atom stereocenters. The van der Waals surface area contributed by atoms with Crippen molar-refractivity contribution in [3.8, 4) is 11.9 Å². The van der Waals surface area contributed by atoms with E-state index in [0.29, 0.717) is 10.4 Å². The van der Waals surface area contributed by atoms with Crippen LogP contribution in [0.5, 0.6) is 5.88 Å². The van der Waals surface area contributed by atoms with Gasteiger partial charge in [0.25, 0.3) is 0 Å². The monoisotopic (exact) mass is 303 g/mol.